The zero-order chi connectivity index (χ0) is 11.4. The van der Waals surface area contributed by atoms with Gasteiger partial charge in [-0.2, -0.15) is 0 Å². The average Bonchev–Trinajstić information content (AvgIpc) is 2.29. The molecular weight excluding hydrogens is 196 g/mol. The predicted molar refractivity (Wildman–Crippen MR) is 66.1 cm³/mol. The van der Waals surface area contributed by atoms with E-state index in [1.807, 2.05) is 36.4 Å². The van der Waals surface area contributed by atoms with Crippen LogP contribution in [0, 0.1) is 12.3 Å². The van der Waals surface area contributed by atoms with Gasteiger partial charge in [0.2, 0.25) is 0 Å². The highest BCUT2D eigenvalue weighted by Crippen LogP contribution is 2.16. The van der Waals surface area contributed by atoms with E-state index >= 15 is 0 Å². The van der Waals surface area contributed by atoms with Gasteiger partial charge >= 0.3 is 0 Å². The summed E-state index contributed by atoms with van der Waals surface area (Å²) in [6.07, 6.45) is 5.74. The van der Waals surface area contributed by atoms with Crippen LogP contribution in [-0.4, -0.2) is 5.78 Å². The smallest absolute Gasteiger partial charge is 0.149 e. The Morgan fingerprint density at radius 2 is 1.88 bits per heavy atom. The Hall–Kier alpha value is -2.07. The number of ketones is 1. The molecule has 0 fully saturated rings. The molecule has 0 aliphatic heterocycles. The molecule has 0 atom stereocenters. The number of carbonyl (C=O) groups excluding carboxylic acids is 1. The van der Waals surface area contributed by atoms with Crippen LogP contribution < -0.4 is 0 Å². The molecule has 0 N–H and O–H groups in total. The molecule has 78 valence electrons. The SMILES string of the molecule is C#CCC(=O)Cc1ccc2ccccc2c1. The molecule has 1 nitrogen and oxygen atoms in total. The van der Waals surface area contributed by atoms with Crippen LogP contribution in [0.1, 0.15) is 12.0 Å². The molecule has 0 aliphatic carbocycles. The van der Waals surface area contributed by atoms with Crippen LogP contribution >= 0.6 is 0 Å². The number of hydrogen-bond donors (Lipinski definition) is 0. The molecule has 0 spiro atoms. The Bertz CT molecular complexity index is 561. The Kier molecular flexibility index (Phi) is 3.03. The fourth-order valence-electron chi connectivity index (χ4n) is 1.75. The van der Waals surface area contributed by atoms with Crippen molar-refractivity contribution in [3.05, 3.63) is 48.0 Å². The molecule has 1 heteroatoms. The third kappa shape index (κ3) is 2.29. The van der Waals surface area contributed by atoms with Gasteiger partial charge in [0.15, 0.2) is 0 Å². The lowest BCUT2D eigenvalue weighted by molar-refractivity contribution is -0.117. The molecule has 0 saturated heterocycles. The summed E-state index contributed by atoms with van der Waals surface area (Å²) in [6, 6.07) is 14.2. The molecule has 0 saturated carbocycles. The number of hydrogen-bond acceptors (Lipinski definition) is 1. The lowest BCUT2D eigenvalue weighted by Gasteiger charge is -2.01. The number of carbonyl (C=O) groups is 1. The monoisotopic (exact) mass is 208 g/mol. The van der Waals surface area contributed by atoms with Crippen LogP contribution in [0.3, 0.4) is 0 Å². The zero-order valence-electron chi connectivity index (χ0n) is 8.94. The summed E-state index contributed by atoms with van der Waals surface area (Å²) in [5.41, 5.74) is 1.03. The van der Waals surface area contributed by atoms with Crippen molar-refractivity contribution in [2.24, 2.45) is 0 Å². The normalized spacial score (nSPS) is 9.94. The van der Waals surface area contributed by atoms with Crippen molar-refractivity contribution in [2.75, 3.05) is 0 Å². The molecule has 0 aliphatic rings. The first-order chi connectivity index (χ1) is 7.79. The fourth-order valence-corrected chi connectivity index (χ4v) is 1.75. The number of fused-ring (bicyclic) bond motifs is 1. The first-order valence-corrected chi connectivity index (χ1v) is 5.22. The zero-order valence-corrected chi connectivity index (χ0v) is 8.94. The molecule has 0 heterocycles. The van der Waals surface area contributed by atoms with Crippen LogP contribution in [0.25, 0.3) is 10.8 Å². The Balaban J connectivity index is 2.26. The van der Waals surface area contributed by atoms with Crippen molar-refractivity contribution in [3.8, 4) is 12.3 Å². The minimum Gasteiger partial charge on any atom is -0.298 e. The van der Waals surface area contributed by atoms with Crippen molar-refractivity contribution in [1.29, 1.82) is 0 Å². The van der Waals surface area contributed by atoms with Crippen LogP contribution in [0.4, 0.5) is 0 Å². The second kappa shape index (κ2) is 4.63. The summed E-state index contributed by atoms with van der Waals surface area (Å²) >= 11 is 0. The molecule has 0 amide bonds. The van der Waals surface area contributed by atoms with Crippen LogP contribution in [0.5, 0.6) is 0 Å². The maximum absolute atomic E-state index is 11.4. The van der Waals surface area contributed by atoms with E-state index in [4.69, 9.17) is 6.42 Å². The molecule has 2 rings (SSSR count). The number of benzene rings is 2. The Morgan fingerprint density at radius 3 is 2.62 bits per heavy atom. The Morgan fingerprint density at radius 1 is 1.12 bits per heavy atom. The summed E-state index contributed by atoms with van der Waals surface area (Å²) in [6.45, 7) is 0. The summed E-state index contributed by atoms with van der Waals surface area (Å²) in [4.78, 5) is 11.4. The van der Waals surface area contributed by atoms with Gasteiger partial charge in [0.25, 0.3) is 0 Å². The molecule has 0 aromatic heterocycles. The first-order valence-electron chi connectivity index (χ1n) is 5.22. The van der Waals surface area contributed by atoms with Crippen LogP contribution in [-0.2, 0) is 11.2 Å². The highest BCUT2D eigenvalue weighted by atomic mass is 16.1. The van der Waals surface area contributed by atoms with Crippen molar-refractivity contribution in [2.45, 2.75) is 12.8 Å². The van der Waals surface area contributed by atoms with Gasteiger partial charge in [-0.15, -0.1) is 6.42 Å². The van der Waals surface area contributed by atoms with Gasteiger partial charge in [0.1, 0.15) is 5.78 Å². The summed E-state index contributed by atoms with van der Waals surface area (Å²) in [5.74, 6) is 2.47. The van der Waals surface area contributed by atoms with Gasteiger partial charge < -0.3 is 0 Å². The topological polar surface area (TPSA) is 17.1 Å². The van der Waals surface area contributed by atoms with E-state index in [-0.39, 0.29) is 12.2 Å². The van der Waals surface area contributed by atoms with Crippen LogP contribution in [0.15, 0.2) is 42.5 Å². The quantitative estimate of drug-likeness (QED) is 0.709. The minimum absolute atomic E-state index is 0.0952. The van der Waals surface area contributed by atoms with E-state index in [0.29, 0.717) is 6.42 Å². The van der Waals surface area contributed by atoms with Gasteiger partial charge in [-0.3, -0.25) is 4.79 Å². The van der Waals surface area contributed by atoms with Gasteiger partial charge in [0, 0.05) is 6.42 Å². The van der Waals surface area contributed by atoms with E-state index in [9.17, 15) is 4.79 Å². The summed E-state index contributed by atoms with van der Waals surface area (Å²) in [5, 5.41) is 2.35. The molecule has 0 radical (unpaired) electrons. The standard InChI is InChI=1S/C15H12O/c1-2-5-15(16)11-12-8-9-13-6-3-4-7-14(13)10-12/h1,3-4,6-10H,5,11H2. The van der Waals surface area contributed by atoms with Crippen molar-refractivity contribution < 1.29 is 4.79 Å². The molecule has 2 aromatic rings. The molecular formula is C15H12O. The highest BCUT2D eigenvalue weighted by Gasteiger charge is 2.02. The maximum atomic E-state index is 11.4. The summed E-state index contributed by atoms with van der Waals surface area (Å²) in [7, 11) is 0. The van der Waals surface area contributed by atoms with E-state index < -0.39 is 0 Å². The second-order valence-corrected chi connectivity index (χ2v) is 3.78. The lowest BCUT2D eigenvalue weighted by atomic mass is 10.0. The van der Waals surface area contributed by atoms with Crippen molar-refractivity contribution in [3.63, 3.8) is 0 Å². The maximum Gasteiger partial charge on any atom is 0.149 e. The number of rotatable bonds is 3. The second-order valence-electron chi connectivity index (χ2n) is 3.78. The molecule has 0 unspecified atom stereocenters. The average molecular weight is 208 g/mol. The first kappa shape index (κ1) is 10.4. The Labute approximate surface area is 95.1 Å². The van der Waals surface area contributed by atoms with Gasteiger partial charge in [-0.05, 0) is 16.3 Å². The van der Waals surface area contributed by atoms with Crippen LogP contribution in [0.2, 0.25) is 0 Å². The number of Topliss-reactive ketones (excluding diaryl/α,β-unsaturated/α-hetero) is 1. The largest absolute Gasteiger partial charge is 0.298 e. The third-order valence-electron chi connectivity index (χ3n) is 2.51. The molecule has 16 heavy (non-hydrogen) atoms. The minimum atomic E-state index is 0.0952. The van der Waals surface area contributed by atoms with Gasteiger partial charge in [-0.1, -0.05) is 48.4 Å². The summed E-state index contributed by atoms with van der Waals surface area (Å²) < 4.78 is 0. The van der Waals surface area contributed by atoms with Gasteiger partial charge in [-0.25, -0.2) is 0 Å². The van der Waals surface area contributed by atoms with E-state index in [2.05, 4.69) is 12.0 Å². The van der Waals surface area contributed by atoms with E-state index in [0.717, 1.165) is 10.9 Å². The van der Waals surface area contributed by atoms with Gasteiger partial charge in [0.05, 0.1) is 6.42 Å². The molecule has 2 aromatic carbocycles. The van der Waals surface area contributed by atoms with Crippen molar-refractivity contribution >= 4 is 16.6 Å². The lowest BCUT2D eigenvalue weighted by Crippen LogP contribution is -2.00. The predicted octanol–water partition coefficient (Wildman–Crippen LogP) is 2.97. The van der Waals surface area contributed by atoms with Crippen molar-refractivity contribution in [1.82, 2.24) is 0 Å². The third-order valence-corrected chi connectivity index (χ3v) is 2.51. The van der Waals surface area contributed by atoms with E-state index in [1.165, 1.54) is 5.39 Å². The van der Waals surface area contributed by atoms with E-state index in [1.54, 1.807) is 0 Å². The fraction of sp³-hybridized carbons (Fsp3) is 0.133. The highest BCUT2D eigenvalue weighted by molar-refractivity contribution is 5.86. The number of terminal acetylenes is 1. The molecule has 0 bridgehead atoms.